The zero-order chi connectivity index (χ0) is 22.7. The minimum atomic E-state index is -3.77. The smallest absolute Gasteiger partial charge is 0.338 e. The van der Waals surface area contributed by atoms with Crippen LogP contribution in [0.5, 0.6) is 0 Å². The summed E-state index contributed by atoms with van der Waals surface area (Å²) < 4.78 is 33.1. The van der Waals surface area contributed by atoms with E-state index in [2.05, 4.69) is 0 Å². The number of amides is 1. The van der Waals surface area contributed by atoms with Crippen LogP contribution in [0.15, 0.2) is 77.7 Å². The molecule has 0 unspecified atom stereocenters. The predicted molar refractivity (Wildman–Crippen MR) is 118 cm³/mol. The number of primary amides is 1. The Bertz CT molecular complexity index is 1290. The lowest BCUT2D eigenvalue weighted by Gasteiger charge is -2.28. The highest BCUT2D eigenvalue weighted by molar-refractivity contribution is 7.89. The molecule has 164 valence electrons. The van der Waals surface area contributed by atoms with Crippen molar-refractivity contribution in [2.75, 3.05) is 6.54 Å². The summed E-state index contributed by atoms with van der Waals surface area (Å²) in [5.41, 5.74) is 8.45. The maximum Gasteiger partial charge on any atom is 0.338 e. The topological polar surface area (TPSA) is 107 Å². The van der Waals surface area contributed by atoms with Crippen molar-refractivity contribution in [1.82, 2.24) is 4.31 Å². The van der Waals surface area contributed by atoms with Gasteiger partial charge in [-0.2, -0.15) is 4.31 Å². The molecule has 0 aromatic heterocycles. The summed E-state index contributed by atoms with van der Waals surface area (Å²) in [6.07, 6.45) is 0.640. The molecule has 8 heteroatoms. The highest BCUT2D eigenvalue weighted by atomic mass is 32.2. The standard InChI is InChI=1S/C24H22N2O5S/c25-23(27)19-8-3-5-17(13-19)16-31-24(28)20-9-4-10-22(14-20)32(29,30)26-12-11-18-6-1-2-7-21(18)15-26/h1-10,13-14H,11-12,15-16H2,(H2,25,27). The van der Waals surface area contributed by atoms with Crippen LogP contribution in [0.1, 0.15) is 37.4 Å². The van der Waals surface area contributed by atoms with Crippen molar-refractivity contribution in [3.8, 4) is 0 Å². The van der Waals surface area contributed by atoms with Gasteiger partial charge in [0.25, 0.3) is 0 Å². The molecular formula is C24H22N2O5S. The number of carbonyl (C=O) groups excluding carboxylic acids is 2. The molecule has 0 saturated carbocycles. The van der Waals surface area contributed by atoms with E-state index in [0.717, 1.165) is 11.1 Å². The highest BCUT2D eigenvalue weighted by Crippen LogP contribution is 2.25. The molecule has 0 aliphatic carbocycles. The second-order valence-electron chi connectivity index (χ2n) is 7.53. The van der Waals surface area contributed by atoms with Crippen molar-refractivity contribution in [3.63, 3.8) is 0 Å². The Balaban J connectivity index is 1.49. The van der Waals surface area contributed by atoms with E-state index in [9.17, 15) is 18.0 Å². The van der Waals surface area contributed by atoms with Crippen LogP contribution >= 0.6 is 0 Å². The van der Waals surface area contributed by atoms with Gasteiger partial charge in [-0.05, 0) is 53.4 Å². The summed E-state index contributed by atoms with van der Waals surface area (Å²) in [4.78, 5) is 23.9. The number of esters is 1. The number of benzene rings is 3. The van der Waals surface area contributed by atoms with Crippen molar-refractivity contribution in [1.29, 1.82) is 0 Å². The van der Waals surface area contributed by atoms with Gasteiger partial charge < -0.3 is 10.5 Å². The Kier molecular flexibility index (Phi) is 6.07. The first-order chi connectivity index (χ1) is 15.3. The van der Waals surface area contributed by atoms with Crippen LogP contribution in [0.2, 0.25) is 0 Å². The lowest BCUT2D eigenvalue weighted by Crippen LogP contribution is -2.36. The first kappa shape index (κ1) is 21.7. The van der Waals surface area contributed by atoms with Gasteiger partial charge in [-0.25, -0.2) is 13.2 Å². The number of hydrogen-bond donors (Lipinski definition) is 1. The van der Waals surface area contributed by atoms with Crippen LogP contribution in [0.25, 0.3) is 0 Å². The third-order valence-electron chi connectivity index (χ3n) is 5.38. The Morgan fingerprint density at radius 2 is 1.62 bits per heavy atom. The molecule has 0 atom stereocenters. The van der Waals surface area contributed by atoms with E-state index in [1.165, 1.54) is 28.6 Å². The quantitative estimate of drug-likeness (QED) is 0.581. The fraction of sp³-hybridized carbons (Fsp3) is 0.167. The highest BCUT2D eigenvalue weighted by Gasteiger charge is 2.28. The molecule has 1 amide bonds. The van der Waals surface area contributed by atoms with Gasteiger partial charge in [0, 0.05) is 18.7 Å². The Morgan fingerprint density at radius 3 is 2.41 bits per heavy atom. The largest absolute Gasteiger partial charge is 0.457 e. The van der Waals surface area contributed by atoms with Crippen LogP contribution < -0.4 is 5.73 Å². The molecule has 0 fully saturated rings. The number of sulfonamides is 1. The number of rotatable bonds is 6. The number of nitrogens with two attached hydrogens (primary N) is 1. The molecule has 32 heavy (non-hydrogen) atoms. The lowest BCUT2D eigenvalue weighted by molar-refractivity contribution is 0.0472. The van der Waals surface area contributed by atoms with Gasteiger partial charge in [0.05, 0.1) is 10.5 Å². The van der Waals surface area contributed by atoms with E-state index in [4.69, 9.17) is 10.5 Å². The Morgan fingerprint density at radius 1 is 0.906 bits per heavy atom. The zero-order valence-corrected chi connectivity index (χ0v) is 18.0. The summed E-state index contributed by atoms with van der Waals surface area (Å²) in [5, 5.41) is 0. The normalized spacial score (nSPS) is 13.9. The first-order valence-electron chi connectivity index (χ1n) is 10.1. The number of ether oxygens (including phenoxy) is 1. The van der Waals surface area contributed by atoms with Crippen LogP contribution in [-0.4, -0.2) is 31.1 Å². The maximum atomic E-state index is 13.2. The zero-order valence-electron chi connectivity index (χ0n) is 17.2. The second-order valence-corrected chi connectivity index (χ2v) is 9.46. The van der Waals surface area contributed by atoms with E-state index >= 15 is 0 Å². The summed E-state index contributed by atoms with van der Waals surface area (Å²) in [6, 6.07) is 20.1. The number of carbonyl (C=O) groups is 2. The second kappa shape index (κ2) is 8.94. The Hall–Kier alpha value is -3.49. The summed E-state index contributed by atoms with van der Waals surface area (Å²) in [7, 11) is -3.77. The minimum absolute atomic E-state index is 0.0436. The van der Waals surface area contributed by atoms with E-state index in [1.54, 1.807) is 24.3 Å². The van der Waals surface area contributed by atoms with E-state index in [0.29, 0.717) is 30.6 Å². The predicted octanol–water partition coefficient (Wildman–Crippen LogP) is 2.89. The summed E-state index contributed by atoms with van der Waals surface area (Å²) >= 11 is 0. The van der Waals surface area contributed by atoms with Crippen molar-refractivity contribution < 1.29 is 22.7 Å². The molecule has 4 rings (SSSR count). The van der Waals surface area contributed by atoms with Crippen molar-refractivity contribution >= 4 is 21.9 Å². The fourth-order valence-corrected chi connectivity index (χ4v) is 5.12. The molecule has 3 aromatic carbocycles. The molecule has 2 N–H and O–H groups in total. The molecule has 1 aliphatic heterocycles. The van der Waals surface area contributed by atoms with E-state index in [-0.39, 0.29) is 17.1 Å². The van der Waals surface area contributed by atoms with Crippen LogP contribution in [0.3, 0.4) is 0 Å². The molecule has 1 heterocycles. The third kappa shape index (κ3) is 4.56. The SMILES string of the molecule is NC(=O)c1cccc(COC(=O)c2cccc(S(=O)(=O)N3CCc4ccccc4C3)c2)c1. The molecule has 0 bridgehead atoms. The molecule has 0 spiro atoms. The van der Waals surface area contributed by atoms with Gasteiger partial charge >= 0.3 is 5.97 Å². The van der Waals surface area contributed by atoms with Gasteiger partial charge in [0.15, 0.2) is 0 Å². The van der Waals surface area contributed by atoms with Gasteiger partial charge in [-0.1, -0.05) is 42.5 Å². The third-order valence-corrected chi connectivity index (χ3v) is 7.23. The average molecular weight is 451 g/mol. The molecule has 3 aromatic rings. The molecule has 0 saturated heterocycles. The van der Waals surface area contributed by atoms with Crippen molar-refractivity contribution in [2.45, 2.75) is 24.5 Å². The van der Waals surface area contributed by atoms with E-state index < -0.39 is 21.9 Å². The van der Waals surface area contributed by atoms with Crippen LogP contribution in [-0.2, 0) is 34.3 Å². The average Bonchev–Trinajstić information content (AvgIpc) is 2.82. The van der Waals surface area contributed by atoms with Gasteiger partial charge in [-0.15, -0.1) is 0 Å². The molecular weight excluding hydrogens is 428 g/mol. The van der Waals surface area contributed by atoms with Crippen LogP contribution in [0, 0.1) is 0 Å². The molecule has 7 nitrogen and oxygen atoms in total. The van der Waals surface area contributed by atoms with Crippen LogP contribution in [0.4, 0.5) is 0 Å². The number of nitrogens with zero attached hydrogens (tertiary/aromatic N) is 1. The number of fused-ring (bicyclic) bond motifs is 1. The monoisotopic (exact) mass is 450 g/mol. The minimum Gasteiger partial charge on any atom is -0.457 e. The maximum absolute atomic E-state index is 13.2. The van der Waals surface area contributed by atoms with Crippen molar-refractivity contribution in [3.05, 3.63) is 101 Å². The van der Waals surface area contributed by atoms with Gasteiger partial charge in [-0.3, -0.25) is 4.79 Å². The van der Waals surface area contributed by atoms with E-state index in [1.807, 2.05) is 24.3 Å². The first-order valence-corrected chi connectivity index (χ1v) is 11.5. The fourth-order valence-electron chi connectivity index (χ4n) is 3.65. The van der Waals surface area contributed by atoms with Crippen molar-refractivity contribution in [2.24, 2.45) is 5.73 Å². The summed E-state index contributed by atoms with van der Waals surface area (Å²) in [5.74, 6) is -1.23. The van der Waals surface area contributed by atoms with Gasteiger partial charge in [0.2, 0.25) is 15.9 Å². The number of hydrogen-bond acceptors (Lipinski definition) is 5. The molecule has 1 aliphatic rings. The Labute approximate surface area is 186 Å². The summed E-state index contributed by atoms with van der Waals surface area (Å²) in [6.45, 7) is 0.605. The van der Waals surface area contributed by atoms with Gasteiger partial charge in [0.1, 0.15) is 6.61 Å². The molecule has 0 radical (unpaired) electrons. The lowest BCUT2D eigenvalue weighted by atomic mass is 10.0.